The number of hydrogen-bond acceptors (Lipinski definition) is 3. The number of hydrogen-bond donors (Lipinski definition) is 1. The number of phenolic OH excluding ortho intramolecular Hbond substituents is 1. The van der Waals surface area contributed by atoms with Gasteiger partial charge in [-0.25, -0.2) is 4.39 Å². The molecule has 2 rings (SSSR count). The predicted molar refractivity (Wildman–Crippen MR) is 77.6 cm³/mol. The molecule has 1 heterocycles. The number of nitrogens with zero attached hydrogens (tertiary/aromatic N) is 2. The summed E-state index contributed by atoms with van der Waals surface area (Å²) in [6.45, 7) is 1.89. The number of phenols is 1. The molecule has 0 aliphatic rings. The molecule has 1 N–H and O–H groups in total. The number of likely N-dealkylation sites (N-methyl/N-ethyl adjacent to an activating group) is 1. The maximum Gasteiger partial charge on any atom is 0.256 e. The van der Waals surface area contributed by atoms with Crippen LogP contribution in [0.1, 0.15) is 22.8 Å². The van der Waals surface area contributed by atoms with Crippen LogP contribution < -0.4 is 0 Å². The van der Waals surface area contributed by atoms with Crippen molar-refractivity contribution < 1.29 is 14.3 Å². The molecule has 110 valence electrons. The SMILES string of the molecule is CC(Cc1ccc(O)cc1)N(C)C(=O)c1ccncc1F. The van der Waals surface area contributed by atoms with E-state index in [0.717, 1.165) is 11.8 Å². The summed E-state index contributed by atoms with van der Waals surface area (Å²) >= 11 is 0. The van der Waals surface area contributed by atoms with Gasteiger partial charge in [-0.3, -0.25) is 9.78 Å². The summed E-state index contributed by atoms with van der Waals surface area (Å²) in [4.78, 5) is 17.4. The van der Waals surface area contributed by atoms with Gasteiger partial charge < -0.3 is 10.0 Å². The number of aromatic nitrogens is 1. The highest BCUT2D eigenvalue weighted by molar-refractivity contribution is 5.94. The van der Waals surface area contributed by atoms with Gasteiger partial charge in [0.05, 0.1) is 11.8 Å². The fourth-order valence-corrected chi connectivity index (χ4v) is 2.05. The minimum Gasteiger partial charge on any atom is -0.508 e. The van der Waals surface area contributed by atoms with E-state index in [9.17, 15) is 14.3 Å². The van der Waals surface area contributed by atoms with E-state index in [2.05, 4.69) is 4.98 Å². The minimum atomic E-state index is -0.619. The number of rotatable bonds is 4. The van der Waals surface area contributed by atoms with E-state index in [1.165, 1.54) is 17.2 Å². The molecule has 4 nitrogen and oxygen atoms in total. The second-order valence-corrected chi connectivity index (χ2v) is 4.99. The maximum absolute atomic E-state index is 13.6. The van der Waals surface area contributed by atoms with E-state index in [1.807, 2.05) is 6.92 Å². The summed E-state index contributed by atoms with van der Waals surface area (Å²) in [5.74, 6) is -0.790. The third kappa shape index (κ3) is 3.56. The van der Waals surface area contributed by atoms with Crippen molar-refractivity contribution in [3.8, 4) is 5.75 Å². The van der Waals surface area contributed by atoms with Crippen LogP contribution in [0.2, 0.25) is 0 Å². The van der Waals surface area contributed by atoms with Crippen LogP contribution in [0.4, 0.5) is 4.39 Å². The number of amides is 1. The lowest BCUT2D eigenvalue weighted by molar-refractivity contribution is 0.0738. The summed E-state index contributed by atoms with van der Waals surface area (Å²) < 4.78 is 13.6. The fraction of sp³-hybridized carbons (Fsp3) is 0.250. The summed E-state index contributed by atoms with van der Waals surface area (Å²) in [7, 11) is 1.65. The maximum atomic E-state index is 13.6. The Bertz CT molecular complexity index is 628. The van der Waals surface area contributed by atoms with Gasteiger partial charge in [0.15, 0.2) is 5.82 Å². The zero-order chi connectivity index (χ0) is 15.4. The Morgan fingerprint density at radius 1 is 1.33 bits per heavy atom. The summed E-state index contributed by atoms with van der Waals surface area (Å²) in [6, 6.07) is 8.09. The first kappa shape index (κ1) is 15.0. The van der Waals surface area contributed by atoms with Crippen molar-refractivity contribution in [2.45, 2.75) is 19.4 Å². The molecule has 1 atom stereocenters. The highest BCUT2D eigenvalue weighted by atomic mass is 19.1. The van der Waals surface area contributed by atoms with Crippen molar-refractivity contribution in [2.24, 2.45) is 0 Å². The quantitative estimate of drug-likeness (QED) is 0.941. The van der Waals surface area contributed by atoms with Crippen molar-refractivity contribution in [1.29, 1.82) is 0 Å². The van der Waals surface area contributed by atoms with E-state index in [4.69, 9.17) is 0 Å². The number of halogens is 1. The Labute approximate surface area is 122 Å². The van der Waals surface area contributed by atoms with Gasteiger partial charge in [-0.15, -0.1) is 0 Å². The molecule has 0 saturated heterocycles. The van der Waals surface area contributed by atoms with Crippen LogP contribution in [0.3, 0.4) is 0 Å². The van der Waals surface area contributed by atoms with Crippen molar-refractivity contribution in [3.05, 3.63) is 59.7 Å². The Balaban J connectivity index is 2.08. The Hall–Kier alpha value is -2.43. The number of carbonyl (C=O) groups excluding carboxylic acids is 1. The molecular weight excluding hydrogens is 271 g/mol. The predicted octanol–water partition coefficient (Wildman–Crippen LogP) is 2.63. The Kier molecular flexibility index (Phi) is 4.52. The second-order valence-electron chi connectivity index (χ2n) is 4.99. The summed E-state index contributed by atoms with van der Waals surface area (Å²) in [6.07, 6.45) is 3.05. The van der Waals surface area contributed by atoms with Crippen molar-refractivity contribution >= 4 is 5.91 Å². The fourth-order valence-electron chi connectivity index (χ4n) is 2.05. The van der Waals surface area contributed by atoms with Crippen molar-refractivity contribution in [2.75, 3.05) is 7.05 Å². The molecule has 0 fully saturated rings. The van der Waals surface area contributed by atoms with Gasteiger partial charge in [-0.05, 0) is 37.1 Å². The molecule has 1 aromatic carbocycles. The van der Waals surface area contributed by atoms with Crippen LogP contribution in [0.15, 0.2) is 42.7 Å². The molecule has 1 unspecified atom stereocenters. The first-order chi connectivity index (χ1) is 9.99. The van der Waals surface area contributed by atoms with E-state index in [-0.39, 0.29) is 23.3 Å². The number of aromatic hydroxyl groups is 1. The van der Waals surface area contributed by atoms with Crippen LogP contribution in [0, 0.1) is 5.82 Å². The molecule has 0 saturated carbocycles. The summed E-state index contributed by atoms with van der Waals surface area (Å²) in [5, 5.41) is 9.26. The summed E-state index contributed by atoms with van der Waals surface area (Å²) in [5.41, 5.74) is 1.01. The molecule has 0 radical (unpaired) electrons. The van der Waals surface area contributed by atoms with Crippen LogP contribution >= 0.6 is 0 Å². The lowest BCUT2D eigenvalue weighted by atomic mass is 10.1. The van der Waals surface area contributed by atoms with Gasteiger partial charge in [0.1, 0.15) is 5.75 Å². The third-order valence-electron chi connectivity index (χ3n) is 3.45. The average Bonchev–Trinajstić information content (AvgIpc) is 2.48. The first-order valence-corrected chi connectivity index (χ1v) is 6.63. The van der Waals surface area contributed by atoms with E-state index < -0.39 is 5.82 Å². The normalized spacial score (nSPS) is 12.0. The van der Waals surface area contributed by atoms with Gasteiger partial charge in [0.25, 0.3) is 5.91 Å². The van der Waals surface area contributed by atoms with Gasteiger partial charge in [-0.2, -0.15) is 0 Å². The zero-order valence-corrected chi connectivity index (χ0v) is 12.0. The van der Waals surface area contributed by atoms with Crippen LogP contribution in [-0.4, -0.2) is 34.0 Å². The molecule has 21 heavy (non-hydrogen) atoms. The van der Waals surface area contributed by atoms with E-state index in [1.54, 1.807) is 31.3 Å². The molecule has 5 heteroatoms. The Morgan fingerprint density at radius 2 is 2.00 bits per heavy atom. The highest BCUT2D eigenvalue weighted by Gasteiger charge is 2.20. The van der Waals surface area contributed by atoms with Gasteiger partial charge >= 0.3 is 0 Å². The number of pyridine rings is 1. The molecule has 1 aromatic heterocycles. The number of benzene rings is 1. The zero-order valence-electron chi connectivity index (χ0n) is 12.0. The van der Waals surface area contributed by atoms with E-state index in [0.29, 0.717) is 6.42 Å². The van der Waals surface area contributed by atoms with Crippen LogP contribution in [-0.2, 0) is 6.42 Å². The van der Waals surface area contributed by atoms with Gasteiger partial charge in [0, 0.05) is 19.3 Å². The molecule has 1 amide bonds. The average molecular weight is 288 g/mol. The molecule has 0 aliphatic carbocycles. The lowest BCUT2D eigenvalue weighted by Gasteiger charge is -2.25. The molecular formula is C16H17FN2O2. The third-order valence-corrected chi connectivity index (χ3v) is 3.45. The van der Waals surface area contributed by atoms with Crippen molar-refractivity contribution in [1.82, 2.24) is 9.88 Å². The second kappa shape index (κ2) is 6.35. The first-order valence-electron chi connectivity index (χ1n) is 6.63. The standard InChI is InChI=1S/C16H17FN2O2/c1-11(9-12-3-5-13(20)6-4-12)19(2)16(21)14-7-8-18-10-15(14)17/h3-8,10-11,20H,9H2,1-2H3. The number of carbonyl (C=O) groups is 1. The monoisotopic (exact) mass is 288 g/mol. The van der Waals surface area contributed by atoms with Gasteiger partial charge in [-0.1, -0.05) is 12.1 Å². The largest absolute Gasteiger partial charge is 0.508 e. The Morgan fingerprint density at radius 3 is 2.62 bits per heavy atom. The smallest absolute Gasteiger partial charge is 0.256 e. The molecule has 2 aromatic rings. The minimum absolute atomic E-state index is 0.0186. The van der Waals surface area contributed by atoms with Crippen LogP contribution in [0.25, 0.3) is 0 Å². The molecule has 0 spiro atoms. The molecule has 0 aliphatic heterocycles. The highest BCUT2D eigenvalue weighted by Crippen LogP contribution is 2.15. The van der Waals surface area contributed by atoms with Crippen molar-refractivity contribution in [3.63, 3.8) is 0 Å². The van der Waals surface area contributed by atoms with E-state index >= 15 is 0 Å². The topological polar surface area (TPSA) is 53.4 Å². The lowest BCUT2D eigenvalue weighted by Crippen LogP contribution is -2.36. The van der Waals surface area contributed by atoms with Gasteiger partial charge in [0.2, 0.25) is 0 Å². The molecule has 0 bridgehead atoms. The van der Waals surface area contributed by atoms with Crippen LogP contribution in [0.5, 0.6) is 5.75 Å².